The molecule has 5 nitrogen and oxygen atoms in total. The lowest BCUT2D eigenvalue weighted by atomic mass is 9.96. The molecule has 0 aromatic heterocycles. The molecule has 0 fully saturated rings. The van der Waals surface area contributed by atoms with Crippen molar-refractivity contribution in [3.05, 3.63) is 63.7 Å². The van der Waals surface area contributed by atoms with Crippen molar-refractivity contribution < 1.29 is 13.2 Å². The summed E-state index contributed by atoms with van der Waals surface area (Å²) in [6.07, 6.45) is 1.09. The molecule has 1 N–H and O–H groups in total. The van der Waals surface area contributed by atoms with E-state index < -0.39 is 16.1 Å². The molecule has 0 aliphatic heterocycles. The van der Waals surface area contributed by atoms with E-state index in [1.807, 2.05) is 27.7 Å². The SMILES string of the molecule is Cc1cc(C)c([C@H](C)NC(=O)[C@H](C)N(c2ccc(Cl)cc2)S(C)(=O)=O)cc1C. The molecule has 0 aliphatic rings. The van der Waals surface area contributed by atoms with Gasteiger partial charge in [-0.25, -0.2) is 8.42 Å². The summed E-state index contributed by atoms with van der Waals surface area (Å²) in [6.45, 7) is 9.55. The van der Waals surface area contributed by atoms with Crippen molar-refractivity contribution in [1.82, 2.24) is 5.32 Å². The second-order valence-corrected chi connectivity index (χ2v) is 9.53. The maximum Gasteiger partial charge on any atom is 0.244 e. The van der Waals surface area contributed by atoms with Gasteiger partial charge in [0, 0.05) is 5.02 Å². The summed E-state index contributed by atoms with van der Waals surface area (Å²) in [7, 11) is -3.67. The van der Waals surface area contributed by atoms with Gasteiger partial charge in [-0.15, -0.1) is 0 Å². The van der Waals surface area contributed by atoms with E-state index in [4.69, 9.17) is 11.6 Å². The van der Waals surface area contributed by atoms with Crippen LogP contribution >= 0.6 is 11.6 Å². The molecule has 2 rings (SSSR count). The topological polar surface area (TPSA) is 66.5 Å². The van der Waals surface area contributed by atoms with Gasteiger partial charge in [0.05, 0.1) is 18.0 Å². The van der Waals surface area contributed by atoms with Gasteiger partial charge in [0.2, 0.25) is 15.9 Å². The van der Waals surface area contributed by atoms with Crippen LogP contribution in [0.15, 0.2) is 36.4 Å². The number of amides is 1. The number of nitrogens with one attached hydrogen (secondary N) is 1. The third-order valence-electron chi connectivity index (χ3n) is 4.88. The van der Waals surface area contributed by atoms with E-state index in [-0.39, 0.29) is 11.9 Å². The second kappa shape index (κ2) is 8.53. The van der Waals surface area contributed by atoms with Crippen LogP contribution in [-0.4, -0.2) is 26.6 Å². The number of sulfonamides is 1. The number of nitrogens with zero attached hydrogens (tertiary/aromatic N) is 1. The van der Waals surface area contributed by atoms with E-state index in [1.165, 1.54) is 5.56 Å². The maximum absolute atomic E-state index is 12.9. The average molecular weight is 423 g/mol. The van der Waals surface area contributed by atoms with Gasteiger partial charge < -0.3 is 5.32 Å². The maximum atomic E-state index is 12.9. The van der Waals surface area contributed by atoms with Crippen LogP contribution in [0.3, 0.4) is 0 Å². The van der Waals surface area contributed by atoms with Crippen LogP contribution < -0.4 is 9.62 Å². The number of aryl methyl sites for hydroxylation is 3. The molecule has 0 radical (unpaired) electrons. The molecule has 0 heterocycles. The fourth-order valence-corrected chi connectivity index (χ4v) is 4.56. The molecule has 0 spiro atoms. The van der Waals surface area contributed by atoms with Crippen LogP contribution in [0.1, 0.15) is 42.1 Å². The van der Waals surface area contributed by atoms with Gasteiger partial charge >= 0.3 is 0 Å². The van der Waals surface area contributed by atoms with Crippen LogP contribution in [-0.2, 0) is 14.8 Å². The summed E-state index contributed by atoms with van der Waals surface area (Å²) < 4.78 is 25.8. The third kappa shape index (κ3) is 5.06. The zero-order valence-corrected chi connectivity index (χ0v) is 18.6. The van der Waals surface area contributed by atoms with Crippen LogP contribution in [0.25, 0.3) is 0 Å². The van der Waals surface area contributed by atoms with Gasteiger partial charge in [0.25, 0.3) is 0 Å². The summed E-state index contributed by atoms with van der Waals surface area (Å²) in [5, 5.41) is 3.44. The number of benzene rings is 2. The van der Waals surface area contributed by atoms with Crippen LogP contribution in [0.4, 0.5) is 5.69 Å². The minimum Gasteiger partial charge on any atom is -0.348 e. The number of halogens is 1. The lowest BCUT2D eigenvalue weighted by molar-refractivity contribution is -0.122. The highest BCUT2D eigenvalue weighted by atomic mass is 35.5. The summed E-state index contributed by atoms with van der Waals surface area (Å²) in [4.78, 5) is 12.9. The molecule has 0 bridgehead atoms. The first kappa shape index (κ1) is 22.2. The smallest absolute Gasteiger partial charge is 0.244 e. The molecule has 0 saturated heterocycles. The standard InChI is InChI=1S/C21H27ClN2O3S/c1-13-11-15(3)20(12-14(13)2)16(4)23-21(25)17(5)24(28(6,26)27)19-9-7-18(22)8-10-19/h7-12,16-17H,1-6H3,(H,23,25)/t16-,17-/m0/s1. The number of carbonyl (C=O) groups is 1. The van der Waals surface area contributed by atoms with E-state index in [0.29, 0.717) is 10.7 Å². The molecular formula is C21H27ClN2O3S. The van der Waals surface area contributed by atoms with Crippen molar-refractivity contribution in [3.63, 3.8) is 0 Å². The summed E-state index contributed by atoms with van der Waals surface area (Å²) in [6, 6.07) is 9.36. The van der Waals surface area contributed by atoms with Gasteiger partial charge in [0.15, 0.2) is 0 Å². The first-order chi connectivity index (χ1) is 12.9. The van der Waals surface area contributed by atoms with Crippen molar-refractivity contribution in [3.8, 4) is 0 Å². The molecule has 152 valence electrons. The van der Waals surface area contributed by atoms with Gasteiger partial charge in [0.1, 0.15) is 6.04 Å². The van der Waals surface area contributed by atoms with Crippen LogP contribution in [0, 0.1) is 20.8 Å². The molecule has 2 atom stereocenters. The fraction of sp³-hybridized carbons (Fsp3) is 0.381. The Hall–Kier alpha value is -2.05. The van der Waals surface area contributed by atoms with E-state index in [9.17, 15) is 13.2 Å². The first-order valence-corrected chi connectivity index (χ1v) is 11.3. The molecular weight excluding hydrogens is 396 g/mol. The lowest BCUT2D eigenvalue weighted by Gasteiger charge is -2.29. The molecule has 1 amide bonds. The summed E-state index contributed by atoms with van der Waals surface area (Å²) in [5.74, 6) is -0.370. The normalized spacial score (nSPS) is 13.7. The highest BCUT2D eigenvalue weighted by Gasteiger charge is 2.30. The molecule has 7 heteroatoms. The van der Waals surface area contributed by atoms with Gasteiger partial charge in [-0.05, 0) is 81.1 Å². The molecule has 28 heavy (non-hydrogen) atoms. The molecule has 2 aromatic carbocycles. The molecule has 2 aromatic rings. The Bertz CT molecular complexity index is 972. The molecule has 0 aliphatic carbocycles. The Kier molecular flexibility index (Phi) is 6.78. The van der Waals surface area contributed by atoms with E-state index in [2.05, 4.69) is 17.4 Å². The van der Waals surface area contributed by atoms with Crippen molar-refractivity contribution in [2.75, 3.05) is 10.6 Å². The number of rotatable bonds is 6. The fourth-order valence-electron chi connectivity index (χ4n) is 3.26. The monoisotopic (exact) mass is 422 g/mol. The third-order valence-corrected chi connectivity index (χ3v) is 6.37. The van der Waals surface area contributed by atoms with Crippen molar-refractivity contribution in [2.45, 2.75) is 46.7 Å². The minimum atomic E-state index is -3.67. The van der Waals surface area contributed by atoms with Gasteiger partial charge in [-0.1, -0.05) is 23.7 Å². The quantitative estimate of drug-likeness (QED) is 0.754. The highest BCUT2D eigenvalue weighted by molar-refractivity contribution is 7.92. The van der Waals surface area contributed by atoms with Gasteiger partial charge in [-0.2, -0.15) is 0 Å². The number of anilines is 1. The van der Waals surface area contributed by atoms with Crippen molar-refractivity contribution >= 4 is 33.2 Å². The van der Waals surface area contributed by atoms with Crippen molar-refractivity contribution in [2.24, 2.45) is 0 Å². The zero-order valence-electron chi connectivity index (χ0n) is 17.1. The first-order valence-electron chi connectivity index (χ1n) is 9.05. The lowest BCUT2D eigenvalue weighted by Crippen LogP contribution is -2.48. The molecule has 0 unspecified atom stereocenters. The summed E-state index contributed by atoms with van der Waals surface area (Å²) in [5.41, 5.74) is 4.83. The van der Waals surface area contributed by atoms with E-state index >= 15 is 0 Å². The van der Waals surface area contributed by atoms with Crippen LogP contribution in [0.5, 0.6) is 0 Å². The Morgan fingerprint density at radius 2 is 1.54 bits per heavy atom. The van der Waals surface area contributed by atoms with E-state index in [0.717, 1.165) is 27.3 Å². The van der Waals surface area contributed by atoms with Crippen molar-refractivity contribution in [1.29, 1.82) is 0 Å². The number of carbonyl (C=O) groups excluding carboxylic acids is 1. The Morgan fingerprint density at radius 1 is 1.00 bits per heavy atom. The number of hydrogen-bond acceptors (Lipinski definition) is 3. The zero-order chi connectivity index (χ0) is 21.2. The number of hydrogen-bond donors (Lipinski definition) is 1. The molecule has 0 saturated carbocycles. The van der Waals surface area contributed by atoms with E-state index in [1.54, 1.807) is 31.2 Å². The Labute approximate surface area is 172 Å². The summed E-state index contributed by atoms with van der Waals surface area (Å²) >= 11 is 5.90. The van der Waals surface area contributed by atoms with Crippen LogP contribution in [0.2, 0.25) is 5.02 Å². The minimum absolute atomic E-state index is 0.249. The average Bonchev–Trinajstić information content (AvgIpc) is 2.58. The predicted molar refractivity (Wildman–Crippen MR) is 115 cm³/mol. The highest BCUT2D eigenvalue weighted by Crippen LogP contribution is 2.25. The Balaban J connectivity index is 2.28. The second-order valence-electron chi connectivity index (χ2n) is 7.23. The van der Waals surface area contributed by atoms with Gasteiger partial charge in [-0.3, -0.25) is 9.10 Å². The largest absolute Gasteiger partial charge is 0.348 e. The Morgan fingerprint density at radius 3 is 2.07 bits per heavy atom. The predicted octanol–water partition coefficient (Wildman–Crippen LogP) is 4.30.